The first kappa shape index (κ1) is 15.7. The van der Waals surface area contributed by atoms with Gasteiger partial charge in [0.2, 0.25) is 11.0 Å². The Bertz CT molecular complexity index is 942. The molecule has 1 aliphatic rings. The van der Waals surface area contributed by atoms with Crippen LogP contribution in [-0.4, -0.2) is 37.5 Å². The second-order valence-electron chi connectivity index (χ2n) is 5.43. The summed E-state index contributed by atoms with van der Waals surface area (Å²) in [6.07, 6.45) is 1.84. The monoisotopic (exact) mass is 358 g/mol. The summed E-state index contributed by atoms with van der Waals surface area (Å²) < 4.78 is 6.67. The van der Waals surface area contributed by atoms with Crippen molar-refractivity contribution in [2.75, 3.05) is 11.9 Å². The quantitative estimate of drug-likeness (QED) is 0.731. The van der Waals surface area contributed by atoms with E-state index in [4.69, 9.17) is 4.74 Å². The van der Waals surface area contributed by atoms with Crippen LogP contribution < -0.4 is 11.0 Å². The summed E-state index contributed by atoms with van der Waals surface area (Å²) in [6, 6.07) is 8.84. The molecule has 25 heavy (non-hydrogen) atoms. The summed E-state index contributed by atoms with van der Waals surface area (Å²) in [6.45, 7) is 0.712. The van der Waals surface area contributed by atoms with Crippen LogP contribution in [-0.2, 0) is 4.74 Å². The molecule has 0 aliphatic carbocycles. The lowest BCUT2D eigenvalue weighted by atomic mass is 10.2. The van der Waals surface area contributed by atoms with Gasteiger partial charge in [0.25, 0.3) is 5.91 Å². The van der Waals surface area contributed by atoms with Crippen LogP contribution in [0.1, 0.15) is 34.6 Å². The first-order chi connectivity index (χ1) is 12.2. The molecule has 2 aromatic heterocycles. The maximum Gasteiger partial charge on any atom is 0.348 e. The number of carbonyl (C=O) groups excluding carboxylic acids is 1. The van der Waals surface area contributed by atoms with E-state index in [1.54, 1.807) is 24.3 Å². The Morgan fingerprint density at radius 2 is 2.16 bits per heavy atom. The lowest BCUT2D eigenvalue weighted by Crippen LogP contribution is -2.15. The third kappa shape index (κ3) is 3.21. The predicted octanol–water partition coefficient (Wildman–Crippen LogP) is 1.52. The van der Waals surface area contributed by atoms with Crippen molar-refractivity contribution >= 4 is 22.4 Å². The molecule has 1 atom stereocenters. The van der Waals surface area contributed by atoms with Crippen molar-refractivity contribution < 1.29 is 9.53 Å². The highest BCUT2D eigenvalue weighted by molar-refractivity contribution is 7.15. The van der Waals surface area contributed by atoms with Crippen LogP contribution in [0.15, 0.2) is 35.1 Å². The third-order valence-electron chi connectivity index (χ3n) is 3.70. The second kappa shape index (κ2) is 6.57. The minimum Gasteiger partial charge on any atom is -0.371 e. The van der Waals surface area contributed by atoms with Crippen molar-refractivity contribution in [2.45, 2.75) is 18.9 Å². The number of hydrogen-bond donors (Lipinski definition) is 2. The molecule has 1 amide bonds. The highest BCUT2D eigenvalue weighted by Crippen LogP contribution is 2.31. The molecule has 3 heterocycles. The van der Waals surface area contributed by atoms with Gasteiger partial charge >= 0.3 is 5.69 Å². The number of anilines is 1. The Morgan fingerprint density at radius 1 is 1.32 bits per heavy atom. The molecule has 1 aromatic carbocycles. The molecule has 1 unspecified atom stereocenters. The van der Waals surface area contributed by atoms with Gasteiger partial charge < -0.3 is 4.74 Å². The molecule has 0 radical (unpaired) electrons. The minimum absolute atomic E-state index is 0.0553. The normalized spacial score (nSPS) is 16.9. The molecule has 1 saturated heterocycles. The summed E-state index contributed by atoms with van der Waals surface area (Å²) in [5.74, 6) is -0.649. The molecule has 3 aromatic rings. The van der Waals surface area contributed by atoms with Gasteiger partial charge in [0.05, 0.1) is 5.69 Å². The van der Waals surface area contributed by atoms with E-state index in [9.17, 15) is 9.59 Å². The number of ether oxygens (including phenoxy) is 1. The largest absolute Gasteiger partial charge is 0.371 e. The molecule has 2 N–H and O–H groups in total. The Hall–Kier alpha value is -2.85. The van der Waals surface area contributed by atoms with Crippen molar-refractivity contribution in [1.29, 1.82) is 0 Å². The number of aromatic amines is 1. The zero-order chi connectivity index (χ0) is 17.2. The van der Waals surface area contributed by atoms with Gasteiger partial charge in [0.15, 0.2) is 0 Å². The van der Waals surface area contributed by atoms with Gasteiger partial charge in [-0.05, 0) is 25.0 Å². The topological polar surface area (TPSA) is 115 Å². The number of aromatic nitrogens is 5. The summed E-state index contributed by atoms with van der Waals surface area (Å²) >= 11 is 1.25. The van der Waals surface area contributed by atoms with Crippen LogP contribution in [0.2, 0.25) is 0 Å². The second-order valence-corrected chi connectivity index (χ2v) is 6.44. The average molecular weight is 358 g/mol. The summed E-state index contributed by atoms with van der Waals surface area (Å²) in [4.78, 5) is 26.7. The first-order valence-electron chi connectivity index (χ1n) is 7.72. The first-order valence-corrected chi connectivity index (χ1v) is 8.53. The van der Waals surface area contributed by atoms with E-state index in [-0.39, 0.29) is 11.9 Å². The number of hydrogen-bond acceptors (Lipinski definition) is 7. The van der Waals surface area contributed by atoms with Gasteiger partial charge in [-0.1, -0.05) is 29.5 Å². The molecule has 0 saturated carbocycles. The number of benzene rings is 1. The molecule has 4 rings (SSSR count). The van der Waals surface area contributed by atoms with Crippen molar-refractivity contribution in [3.63, 3.8) is 0 Å². The van der Waals surface area contributed by atoms with Crippen LogP contribution in [0.25, 0.3) is 5.69 Å². The van der Waals surface area contributed by atoms with Crippen LogP contribution in [0.4, 0.5) is 5.13 Å². The van der Waals surface area contributed by atoms with Crippen LogP contribution >= 0.6 is 11.3 Å². The number of carbonyl (C=O) groups is 1. The molecule has 0 bridgehead atoms. The van der Waals surface area contributed by atoms with E-state index in [0.717, 1.165) is 22.5 Å². The van der Waals surface area contributed by atoms with Gasteiger partial charge in [-0.15, -0.1) is 15.3 Å². The molecule has 1 aliphatic heterocycles. The number of nitrogens with one attached hydrogen (secondary N) is 2. The molecular formula is C15H14N6O3S. The summed E-state index contributed by atoms with van der Waals surface area (Å²) in [5.41, 5.74) is 0.0769. The van der Waals surface area contributed by atoms with Gasteiger partial charge in [-0.2, -0.15) is 4.68 Å². The minimum atomic E-state index is -0.554. The highest BCUT2D eigenvalue weighted by atomic mass is 32.1. The molecule has 10 heteroatoms. The fourth-order valence-electron chi connectivity index (χ4n) is 2.51. The average Bonchev–Trinajstić information content (AvgIpc) is 3.35. The van der Waals surface area contributed by atoms with E-state index in [0.29, 0.717) is 17.4 Å². The van der Waals surface area contributed by atoms with Gasteiger partial charge in [-0.3, -0.25) is 15.1 Å². The molecule has 1 fully saturated rings. The lowest BCUT2D eigenvalue weighted by Gasteiger charge is -2.02. The third-order valence-corrected chi connectivity index (χ3v) is 4.63. The standard InChI is InChI=1S/C15H14N6O3S/c22-12(17-14-19-18-13(25-14)10-7-4-8-24-10)11-16-15(23)21(20-11)9-5-2-1-3-6-9/h1-3,5-6,10H,4,7-8H2,(H,16,20,23)(H,17,19,22). The van der Waals surface area contributed by atoms with E-state index in [1.165, 1.54) is 11.3 Å². The number of para-hydroxylation sites is 1. The number of amides is 1. The predicted molar refractivity (Wildman–Crippen MR) is 90.0 cm³/mol. The van der Waals surface area contributed by atoms with Crippen molar-refractivity contribution in [2.24, 2.45) is 0 Å². The fraction of sp³-hybridized carbons (Fsp3) is 0.267. The fourth-order valence-corrected chi connectivity index (χ4v) is 3.34. The maximum atomic E-state index is 12.3. The summed E-state index contributed by atoms with van der Waals surface area (Å²) in [5, 5.41) is 15.7. The van der Waals surface area contributed by atoms with E-state index < -0.39 is 11.6 Å². The van der Waals surface area contributed by atoms with Crippen molar-refractivity contribution in [3.05, 3.63) is 51.6 Å². The maximum absolute atomic E-state index is 12.3. The number of nitrogens with zero attached hydrogens (tertiary/aromatic N) is 4. The molecular weight excluding hydrogens is 344 g/mol. The van der Waals surface area contributed by atoms with E-state index >= 15 is 0 Å². The van der Waals surface area contributed by atoms with Crippen molar-refractivity contribution in [3.8, 4) is 5.69 Å². The number of rotatable bonds is 4. The van der Waals surface area contributed by atoms with Crippen LogP contribution in [0.3, 0.4) is 0 Å². The zero-order valence-corrected chi connectivity index (χ0v) is 13.8. The smallest absolute Gasteiger partial charge is 0.348 e. The van der Waals surface area contributed by atoms with Crippen molar-refractivity contribution in [1.82, 2.24) is 25.0 Å². The van der Waals surface area contributed by atoms with Gasteiger partial charge in [0, 0.05) is 6.61 Å². The SMILES string of the molecule is O=C(Nc1nnc(C2CCCO2)s1)c1nn(-c2ccccc2)c(=O)[nH]1. The molecule has 128 valence electrons. The zero-order valence-electron chi connectivity index (χ0n) is 13.0. The highest BCUT2D eigenvalue weighted by Gasteiger charge is 2.23. The van der Waals surface area contributed by atoms with Crippen LogP contribution in [0.5, 0.6) is 0 Å². The molecule has 9 nitrogen and oxygen atoms in total. The number of H-pyrrole nitrogens is 1. The van der Waals surface area contributed by atoms with Crippen LogP contribution in [0, 0.1) is 0 Å². The Labute approximate surface area is 145 Å². The summed E-state index contributed by atoms with van der Waals surface area (Å²) in [7, 11) is 0. The molecule has 0 spiro atoms. The van der Waals surface area contributed by atoms with E-state index in [2.05, 4.69) is 25.6 Å². The Morgan fingerprint density at radius 3 is 2.92 bits per heavy atom. The Kier molecular flexibility index (Phi) is 4.12. The lowest BCUT2D eigenvalue weighted by molar-refractivity contribution is 0.101. The van der Waals surface area contributed by atoms with Gasteiger partial charge in [0.1, 0.15) is 11.1 Å². The Balaban J connectivity index is 1.51. The van der Waals surface area contributed by atoms with Gasteiger partial charge in [-0.25, -0.2) is 4.79 Å². The van der Waals surface area contributed by atoms with E-state index in [1.807, 2.05) is 6.07 Å².